The zero-order valence-electron chi connectivity index (χ0n) is 8.34. The number of nitrogens with two attached hydrogens (primary N) is 1. The largest absolute Gasteiger partial charge is 0.329 e. The first-order valence-electron chi connectivity index (χ1n) is 4.69. The summed E-state index contributed by atoms with van der Waals surface area (Å²) in [6, 6.07) is 6.67. The number of aromatic nitrogens is 2. The Labute approximate surface area is 101 Å². The number of benzene rings is 1. The van der Waals surface area contributed by atoms with E-state index in [1.54, 1.807) is 12.1 Å². The Bertz CT molecular complexity index is 447. The summed E-state index contributed by atoms with van der Waals surface area (Å²) in [5.41, 5.74) is 6.28. The Balaban J connectivity index is 2.20. The number of hydrogen-bond donors (Lipinski definition) is 1. The summed E-state index contributed by atoms with van der Waals surface area (Å²) in [4.78, 5) is 4.05. The molecule has 0 amide bonds. The van der Waals surface area contributed by atoms with Crippen LogP contribution in [0, 0.1) is 5.82 Å². The third kappa shape index (κ3) is 2.58. The molecular weight excluding hydrogens is 245 g/mol. The normalized spacial score (nSPS) is 12.6. The monoisotopic (exact) mass is 255 g/mol. The van der Waals surface area contributed by atoms with E-state index in [-0.39, 0.29) is 11.1 Å². The van der Waals surface area contributed by atoms with E-state index in [1.165, 1.54) is 35.7 Å². The van der Waals surface area contributed by atoms with Gasteiger partial charge in [0.15, 0.2) is 4.34 Å². The minimum Gasteiger partial charge on any atom is -0.329 e. The van der Waals surface area contributed by atoms with E-state index in [0.717, 1.165) is 4.34 Å². The molecule has 1 aromatic heterocycles. The summed E-state index contributed by atoms with van der Waals surface area (Å²) >= 11 is 2.73. The Morgan fingerprint density at radius 2 is 2.25 bits per heavy atom. The van der Waals surface area contributed by atoms with Crippen molar-refractivity contribution in [2.24, 2.45) is 5.73 Å². The van der Waals surface area contributed by atoms with Crippen molar-refractivity contribution in [3.8, 4) is 0 Å². The summed E-state index contributed by atoms with van der Waals surface area (Å²) in [6.45, 7) is 0.366. The highest BCUT2D eigenvalue weighted by molar-refractivity contribution is 8.01. The van der Waals surface area contributed by atoms with Crippen LogP contribution in [-0.4, -0.2) is 15.9 Å². The topological polar surface area (TPSA) is 51.8 Å². The first-order chi connectivity index (χ1) is 7.81. The van der Waals surface area contributed by atoms with Gasteiger partial charge in [0.1, 0.15) is 12.1 Å². The number of rotatable bonds is 4. The average Bonchev–Trinajstić information content (AvgIpc) is 2.80. The van der Waals surface area contributed by atoms with Gasteiger partial charge in [-0.05, 0) is 17.6 Å². The van der Waals surface area contributed by atoms with Crippen LogP contribution < -0.4 is 5.73 Å². The summed E-state index contributed by atoms with van der Waals surface area (Å²) in [7, 11) is 0. The number of nitrogens with zero attached hydrogens (tertiary/aromatic N) is 2. The van der Waals surface area contributed by atoms with Gasteiger partial charge in [-0.25, -0.2) is 9.37 Å². The summed E-state index contributed by atoms with van der Waals surface area (Å²) < 4.78 is 18.3. The second-order valence-electron chi connectivity index (χ2n) is 3.07. The summed E-state index contributed by atoms with van der Waals surface area (Å²) in [5.74, 6) is -0.227. The van der Waals surface area contributed by atoms with Crippen LogP contribution in [0.25, 0.3) is 0 Å². The molecule has 1 heterocycles. The molecule has 2 N–H and O–H groups in total. The molecule has 0 aliphatic heterocycles. The molecule has 2 rings (SSSR count). The first-order valence-corrected chi connectivity index (χ1v) is 6.34. The van der Waals surface area contributed by atoms with Crippen LogP contribution in [0.3, 0.4) is 0 Å². The molecule has 0 fully saturated rings. The van der Waals surface area contributed by atoms with Gasteiger partial charge in [0, 0.05) is 12.1 Å². The molecule has 1 atom stereocenters. The maximum Gasteiger partial charge on any atom is 0.170 e. The van der Waals surface area contributed by atoms with Crippen molar-refractivity contribution in [2.45, 2.75) is 9.59 Å². The van der Waals surface area contributed by atoms with Gasteiger partial charge in [-0.3, -0.25) is 0 Å². The molecule has 0 aliphatic carbocycles. The number of thioether (sulfide) groups is 1. The van der Waals surface area contributed by atoms with Crippen LogP contribution >= 0.6 is 23.3 Å². The molecule has 0 aliphatic rings. The van der Waals surface area contributed by atoms with E-state index in [1.807, 2.05) is 6.07 Å². The van der Waals surface area contributed by atoms with E-state index < -0.39 is 0 Å². The molecule has 1 unspecified atom stereocenters. The lowest BCUT2D eigenvalue weighted by molar-refractivity contribution is 0.608. The predicted octanol–water partition coefficient (Wildman–Crippen LogP) is 2.47. The highest BCUT2D eigenvalue weighted by Gasteiger charge is 2.16. The molecule has 84 valence electrons. The molecule has 0 bridgehead atoms. The molecule has 0 saturated heterocycles. The maximum atomic E-state index is 13.6. The van der Waals surface area contributed by atoms with Crippen molar-refractivity contribution in [1.82, 2.24) is 9.36 Å². The van der Waals surface area contributed by atoms with Crippen molar-refractivity contribution >= 4 is 23.3 Å². The molecule has 1 aromatic carbocycles. The van der Waals surface area contributed by atoms with E-state index >= 15 is 0 Å². The van der Waals surface area contributed by atoms with E-state index in [4.69, 9.17) is 5.73 Å². The highest BCUT2D eigenvalue weighted by Crippen LogP contribution is 2.35. The smallest absolute Gasteiger partial charge is 0.170 e. The van der Waals surface area contributed by atoms with Gasteiger partial charge < -0.3 is 5.73 Å². The van der Waals surface area contributed by atoms with E-state index in [9.17, 15) is 4.39 Å². The van der Waals surface area contributed by atoms with Crippen molar-refractivity contribution in [1.29, 1.82) is 0 Å². The highest BCUT2D eigenvalue weighted by atomic mass is 32.2. The number of hydrogen-bond acceptors (Lipinski definition) is 5. The van der Waals surface area contributed by atoms with Gasteiger partial charge >= 0.3 is 0 Å². The lowest BCUT2D eigenvalue weighted by Crippen LogP contribution is -2.10. The van der Waals surface area contributed by atoms with Crippen molar-refractivity contribution in [3.63, 3.8) is 0 Å². The SMILES string of the molecule is NCC(Sc1ncns1)c1ccccc1F. The second kappa shape index (κ2) is 5.38. The molecular formula is C10H10FN3S2. The summed E-state index contributed by atoms with van der Waals surface area (Å²) in [6.07, 6.45) is 1.49. The molecule has 16 heavy (non-hydrogen) atoms. The fraction of sp³-hybridized carbons (Fsp3) is 0.200. The Hall–Kier alpha value is -0.980. The van der Waals surface area contributed by atoms with Crippen LogP contribution in [0.4, 0.5) is 4.39 Å². The Morgan fingerprint density at radius 1 is 1.44 bits per heavy atom. The van der Waals surface area contributed by atoms with Crippen LogP contribution in [0.15, 0.2) is 34.9 Å². The molecule has 6 heteroatoms. The van der Waals surface area contributed by atoms with Crippen LogP contribution in [0.5, 0.6) is 0 Å². The standard InChI is InChI=1S/C10H10FN3S2/c11-8-4-2-1-3-7(8)9(5-12)15-10-13-6-14-16-10/h1-4,6,9H,5,12H2. The van der Waals surface area contributed by atoms with Crippen LogP contribution in [0.1, 0.15) is 10.8 Å². The molecule has 2 aromatic rings. The molecule has 3 nitrogen and oxygen atoms in total. The molecule has 0 radical (unpaired) electrons. The average molecular weight is 255 g/mol. The van der Waals surface area contributed by atoms with Gasteiger partial charge in [-0.1, -0.05) is 30.0 Å². The lowest BCUT2D eigenvalue weighted by atomic mass is 10.1. The van der Waals surface area contributed by atoms with E-state index in [0.29, 0.717) is 12.1 Å². The maximum absolute atomic E-state index is 13.6. The van der Waals surface area contributed by atoms with Crippen molar-refractivity contribution in [3.05, 3.63) is 42.0 Å². The van der Waals surface area contributed by atoms with Gasteiger partial charge in [-0.15, -0.1) is 0 Å². The minimum atomic E-state index is -0.227. The fourth-order valence-corrected chi connectivity index (χ4v) is 3.01. The van der Waals surface area contributed by atoms with Crippen molar-refractivity contribution < 1.29 is 4.39 Å². The first kappa shape index (κ1) is 11.5. The second-order valence-corrected chi connectivity index (χ2v) is 5.30. The Kier molecular flexibility index (Phi) is 3.87. The van der Waals surface area contributed by atoms with Gasteiger partial charge in [-0.2, -0.15) is 4.37 Å². The summed E-state index contributed by atoms with van der Waals surface area (Å²) in [5, 5.41) is -0.117. The van der Waals surface area contributed by atoms with Gasteiger partial charge in [0.25, 0.3) is 0 Å². The zero-order chi connectivity index (χ0) is 11.4. The minimum absolute atomic E-state index is 0.117. The van der Waals surface area contributed by atoms with Crippen molar-refractivity contribution in [2.75, 3.05) is 6.54 Å². The fourth-order valence-electron chi connectivity index (χ4n) is 1.31. The van der Waals surface area contributed by atoms with E-state index in [2.05, 4.69) is 9.36 Å². The van der Waals surface area contributed by atoms with Crippen LogP contribution in [-0.2, 0) is 0 Å². The zero-order valence-corrected chi connectivity index (χ0v) is 9.97. The molecule has 0 spiro atoms. The van der Waals surface area contributed by atoms with Crippen LogP contribution in [0.2, 0.25) is 0 Å². The molecule has 0 saturated carbocycles. The third-order valence-corrected chi connectivity index (χ3v) is 4.06. The quantitative estimate of drug-likeness (QED) is 0.853. The van der Waals surface area contributed by atoms with Gasteiger partial charge in [0.2, 0.25) is 0 Å². The lowest BCUT2D eigenvalue weighted by Gasteiger charge is -2.13. The Morgan fingerprint density at radius 3 is 2.88 bits per heavy atom. The number of halogens is 1. The third-order valence-electron chi connectivity index (χ3n) is 2.05. The van der Waals surface area contributed by atoms with Gasteiger partial charge in [0.05, 0.1) is 5.25 Å². The predicted molar refractivity (Wildman–Crippen MR) is 64.0 cm³/mol.